The molecular formula is C11H22N2O2. The first-order valence-electron chi connectivity index (χ1n) is 5.73. The average Bonchev–Trinajstić information content (AvgIpc) is 2.27. The van der Waals surface area contributed by atoms with Gasteiger partial charge in [0.15, 0.2) is 0 Å². The number of hydrogen-bond donors (Lipinski definition) is 2. The summed E-state index contributed by atoms with van der Waals surface area (Å²) >= 11 is 0. The normalized spacial score (nSPS) is 19.9. The number of methoxy groups -OCH3 is 1. The van der Waals surface area contributed by atoms with Crippen LogP contribution in [0.4, 0.5) is 0 Å². The van der Waals surface area contributed by atoms with Crippen LogP contribution in [-0.4, -0.2) is 38.8 Å². The van der Waals surface area contributed by atoms with Gasteiger partial charge in [0.1, 0.15) is 0 Å². The van der Waals surface area contributed by atoms with E-state index in [0.29, 0.717) is 18.9 Å². The van der Waals surface area contributed by atoms with E-state index in [0.717, 1.165) is 25.9 Å². The summed E-state index contributed by atoms with van der Waals surface area (Å²) in [7, 11) is 1.61. The van der Waals surface area contributed by atoms with Crippen molar-refractivity contribution in [3.63, 3.8) is 0 Å². The van der Waals surface area contributed by atoms with Gasteiger partial charge in [-0.05, 0) is 38.8 Å². The molecule has 0 spiro atoms. The van der Waals surface area contributed by atoms with Gasteiger partial charge in [0.05, 0.1) is 6.61 Å². The van der Waals surface area contributed by atoms with Crippen LogP contribution in [0.5, 0.6) is 0 Å². The van der Waals surface area contributed by atoms with Crippen LogP contribution in [0.1, 0.15) is 26.2 Å². The van der Waals surface area contributed by atoms with E-state index in [2.05, 4.69) is 17.6 Å². The molecule has 1 fully saturated rings. The third kappa shape index (κ3) is 4.62. The molecule has 1 unspecified atom stereocenters. The molecule has 0 aromatic carbocycles. The van der Waals surface area contributed by atoms with Crippen LogP contribution in [0.3, 0.4) is 0 Å². The second-order valence-electron chi connectivity index (χ2n) is 4.19. The van der Waals surface area contributed by atoms with Gasteiger partial charge in [-0.25, -0.2) is 0 Å². The zero-order valence-corrected chi connectivity index (χ0v) is 9.71. The summed E-state index contributed by atoms with van der Waals surface area (Å²) in [6, 6.07) is 0.288. The van der Waals surface area contributed by atoms with Gasteiger partial charge in [-0.15, -0.1) is 0 Å². The summed E-state index contributed by atoms with van der Waals surface area (Å²) in [5.41, 5.74) is 0. The van der Waals surface area contributed by atoms with Crippen LogP contribution in [-0.2, 0) is 9.53 Å². The Hall–Kier alpha value is -0.610. The molecule has 0 aliphatic carbocycles. The van der Waals surface area contributed by atoms with Gasteiger partial charge in [0, 0.05) is 19.6 Å². The Morgan fingerprint density at radius 2 is 2.20 bits per heavy atom. The minimum Gasteiger partial charge on any atom is -0.384 e. The Labute approximate surface area is 91.8 Å². The lowest BCUT2D eigenvalue weighted by Crippen LogP contribution is -2.42. The summed E-state index contributed by atoms with van der Waals surface area (Å²) in [6.07, 6.45) is 2.78. The SMILES string of the molecule is COCCC(=O)NC(C)C1CCNCC1. The second-order valence-corrected chi connectivity index (χ2v) is 4.19. The van der Waals surface area contributed by atoms with Crippen molar-refractivity contribution in [3.8, 4) is 0 Å². The van der Waals surface area contributed by atoms with Crippen LogP contribution in [0.15, 0.2) is 0 Å². The predicted octanol–water partition coefficient (Wildman–Crippen LogP) is 0.527. The number of ether oxygens (including phenoxy) is 1. The first-order chi connectivity index (χ1) is 7.24. The van der Waals surface area contributed by atoms with Crippen molar-refractivity contribution in [2.24, 2.45) is 5.92 Å². The van der Waals surface area contributed by atoms with E-state index in [1.54, 1.807) is 7.11 Å². The lowest BCUT2D eigenvalue weighted by Gasteiger charge is -2.28. The fraction of sp³-hybridized carbons (Fsp3) is 0.909. The van der Waals surface area contributed by atoms with Gasteiger partial charge in [-0.3, -0.25) is 4.79 Å². The van der Waals surface area contributed by atoms with Gasteiger partial charge in [-0.2, -0.15) is 0 Å². The van der Waals surface area contributed by atoms with Crippen molar-refractivity contribution < 1.29 is 9.53 Å². The molecule has 1 aliphatic rings. The number of carbonyl (C=O) groups excluding carboxylic acids is 1. The molecule has 1 saturated heterocycles. The standard InChI is InChI=1S/C11H22N2O2/c1-9(10-3-6-12-7-4-10)13-11(14)5-8-15-2/h9-10,12H,3-8H2,1-2H3,(H,13,14). The van der Waals surface area contributed by atoms with Crippen LogP contribution in [0, 0.1) is 5.92 Å². The molecule has 1 aliphatic heterocycles. The monoisotopic (exact) mass is 214 g/mol. The van der Waals surface area contributed by atoms with Crippen LogP contribution in [0.2, 0.25) is 0 Å². The molecule has 15 heavy (non-hydrogen) atoms. The maximum Gasteiger partial charge on any atom is 0.222 e. The molecule has 0 aromatic rings. The maximum absolute atomic E-state index is 11.4. The summed E-state index contributed by atoms with van der Waals surface area (Å²) in [5.74, 6) is 0.723. The molecule has 88 valence electrons. The first kappa shape index (κ1) is 12.5. The highest BCUT2D eigenvalue weighted by Gasteiger charge is 2.20. The highest BCUT2D eigenvalue weighted by atomic mass is 16.5. The Balaban J connectivity index is 2.21. The lowest BCUT2D eigenvalue weighted by molar-refractivity contribution is -0.123. The van der Waals surface area contributed by atoms with Gasteiger partial charge < -0.3 is 15.4 Å². The van der Waals surface area contributed by atoms with Gasteiger partial charge in [0.2, 0.25) is 5.91 Å². The van der Waals surface area contributed by atoms with E-state index in [1.165, 1.54) is 0 Å². The van der Waals surface area contributed by atoms with Gasteiger partial charge in [0.25, 0.3) is 0 Å². The molecule has 1 amide bonds. The van der Waals surface area contributed by atoms with E-state index in [9.17, 15) is 4.79 Å². The Morgan fingerprint density at radius 1 is 1.53 bits per heavy atom. The number of hydrogen-bond acceptors (Lipinski definition) is 3. The third-order valence-electron chi connectivity index (χ3n) is 3.01. The number of rotatable bonds is 5. The minimum absolute atomic E-state index is 0.0999. The van der Waals surface area contributed by atoms with Crippen molar-refractivity contribution in [3.05, 3.63) is 0 Å². The van der Waals surface area contributed by atoms with E-state index >= 15 is 0 Å². The third-order valence-corrected chi connectivity index (χ3v) is 3.01. The molecule has 1 rings (SSSR count). The predicted molar refractivity (Wildman–Crippen MR) is 59.7 cm³/mol. The van der Waals surface area contributed by atoms with E-state index in [1.807, 2.05) is 0 Å². The summed E-state index contributed by atoms with van der Waals surface area (Å²) in [6.45, 7) is 4.75. The molecule has 2 N–H and O–H groups in total. The highest BCUT2D eigenvalue weighted by Crippen LogP contribution is 2.15. The lowest BCUT2D eigenvalue weighted by atomic mass is 9.91. The van der Waals surface area contributed by atoms with Gasteiger partial charge >= 0.3 is 0 Å². The van der Waals surface area contributed by atoms with Crippen molar-refractivity contribution in [2.75, 3.05) is 26.8 Å². The molecule has 0 aromatic heterocycles. The average molecular weight is 214 g/mol. The zero-order valence-electron chi connectivity index (χ0n) is 9.71. The van der Waals surface area contributed by atoms with E-state index in [4.69, 9.17) is 4.74 Å². The quantitative estimate of drug-likeness (QED) is 0.702. The second kappa shape index (κ2) is 6.80. The molecule has 0 radical (unpaired) electrons. The fourth-order valence-corrected chi connectivity index (χ4v) is 1.98. The molecule has 1 heterocycles. The maximum atomic E-state index is 11.4. The van der Waals surface area contributed by atoms with Gasteiger partial charge in [-0.1, -0.05) is 0 Å². The molecular weight excluding hydrogens is 192 g/mol. The van der Waals surface area contributed by atoms with Crippen molar-refractivity contribution in [2.45, 2.75) is 32.2 Å². The minimum atomic E-state index is 0.0999. The van der Waals surface area contributed by atoms with Crippen molar-refractivity contribution >= 4 is 5.91 Å². The Morgan fingerprint density at radius 3 is 2.80 bits per heavy atom. The van der Waals surface area contributed by atoms with E-state index < -0.39 is 0 Å². The fourth-order valence-electron chi connectivity index (χ4n) is 1.98. The van der Waals surface area contributed by atoms with Crippen LogP contribution >= 0.6 is 0 Å². The molecule has 0 saturated carbocycles. The smallest absolute Gasteiger partial charge is 0.222 e. The summed E-state index contributed by atoms with van der Waals surface area (Å²) in [4.78, 5) is 11.4. The number of piperidine rings is 1. The largest absolute Gasteiger partial charge is 0.384 e. The zero-order chi connectivity index (χ0) is 11.1. The molecule has 1 atom stereocenters. The number of amides is 1. The Bertz CT molecular complexity index is 191. The number of carbonyl (C=O) groups is 1. The topological polar surface area (TPSA) is 50.4 Å². The summed E-state index contributed by atoms with van der Waals surface area (Å²) < 4.78 is 4.87. The summed E-state index contributed by atoms with van der Waals surface area (Å²) in [5, 5.41) is 6.36. The molecule has 4 heteroatoms. The van der Waals surface area contributed by atoms with Crippen LogP contribution < -0.4 is 10.6 Å². The Kier molecular flexibility index (Phi) is 5.65. The number of nitrogens with one attached hydrogen (secondary N) is 2. The molecule has 4 nitrogen and oxygen atoms in total. The van der Waals surface area contributed by atoms with E-state index in [-0.39, 0.29) is 11.9 Å². The highest BCUT2D eigenvalue weighted by molar-refractivity contribution is 5.76. The first-order valence-corrected chi connectivity index (χ1v) is 5.73. The van der Waals surface area contributed by atoms with Crippen molar-refractivity contribution in [1.29, 1.82) is 0 Å². The molecule has 0 bridgehead atoms. The van der Waals surface area contributed by atoms with Crippen LogP contribution in [0.25, 0.3) is 0 Å². The van der Waals surface area contributed by atoms with Crippen molar-refractivity contribution in [1.82, 2.24) is 10.6 Å².